The molecule has 2 aromatic rings. The van der Waals surface area contributed by atoms with Crippen LogP contribution in [-0.4, -0.2) is 24.0 Å². The predicted molar refractivity (Wildman–Crippen MR) is 71.7 cm³/mol. The second kappa shape index (κ2) is 4.20. The molecule has 0 saturated carbocycles. The molecule has 6 nitrogen and oxygen atoms in total. The Labute approximate surface area is 110 Å². The van der Waals surface area contributed by atoms with Crippen molar-refractivity contribution in [3.05, 3.63) is 42.2 Å². The van der Waals surface area contributed by atoms with Gasteiger partial charge in [-0.15, -0.1) is 4.40 Å². The minimum atomic E-state index is -3.58. The number of fused-ring (bicyclic) bond motifs is 1. The Kier molecular flexibility index (Phi) is 2.63. The van der Waals surface area contributed by atoms with Crippen LogP contribution in [0.4, 0.5) is 5.69 Å². The second-order valence-electron chi connectivity index (χ2n) is 4.12. The van der Waals surface area contributed by atoms with E-state index in [-0.39, 0.29) is 4.90 Å². The molecule has 0 saturated heterocycles. The Morgan fingerprint density at radius 3 is 2.84 bits per heavy atom. The molecule has 2 heterocycles. The van der Waals surface area contributed by atoms with Gasteiger partial charge < -0.3 is 5.32 Å². The normalized spacial score (nSPS) is 15.9. The molecule has 1 aliphatic heterocycles. The molecule has 0 unspecified atom stereocenters. The first kappa shape index (κ1) is 11.9. The number of hydrogen-bond acceptors (Lipinski definition) is 4. The highest BCUT2D eigenvalue weighted by atomic mass is 32.2. The quantitative estimate of drug-likeness (QED) is 0.901. The average molecular weight is 276 g/mol. The third kappa shape index (κ3) is 2.01. The van der Waals surface area contributed by atoms with Crippen molar-refractivity contribution in [2.45, 2.75) is 18.4 Å². The van der Waals surface area contributed by atoms with Gasteiger partial charge in [0.15, 0.2) is 5.84 Å². The first-order valence-electron chi connectivity index (χ1n) is 5.84. The number of benzene rings is 1. The van der Waals surface area contributed by atoms with Crippen molar-refractivity contribution in [1.82, 2.24) is 9.78 Å². The van der Waals surface area contributed by atoms with Gasteiger partial charge in [0.2, 0.25) is 0 Å². The van der Waals surface area contributed by atoms with E-state index in [1.807, 2.05) is 6.92 Å². The molecule has 1 aliphatic rings. The molecule has 0 aliphatic carbocycles. The van der Waals surface area contributed by atoms with Crippen molar-refractivity contribution >= 4 is 21.5 Å². The van der Waals surface area contributed by atoms with Crippen molar-refractivity contribution in [3.63, 3.8) is 0 Å². The summed E-state index contributed by atoms with van der Waals surface area (Å²) >= 11 is 0. The van der Waals surface area contributed by atoms with Crippen molar-refractivity contribution < 1.29 is 8.42 Å². The van der Waals surface area contributed by atoms with Crippen LogP contribution in [0, 0.1) is 0 Å². The lowest BCUT2D eigenvalue weighted by molar-refractivity contribution is 0.599. The summed E-state index contributed by atoms with van der Waals surface area (Å²) in [7, 11) is -3.58. The second-order valence-corrected chi connectivity index (χ2v) is 5.69. The van der Waals surface area contributed by atoms with E-state index in [9.17, 15) is 8.42 Å². The lowest BCUT2D eigenvalue weighted by Gasteiger charge is -2.02. The number of rotatable bonds is 2. The number of sulfonamides is 1. The highest BCUT2D eigenvalue weighted by Crippen LogP contribution is 2.26. The van der Waals surface area contributed by atoms with Gasteiger partial charge >= 0.3 is 0 Å². The molecule has 19 heavy (non-hydrogen) atoms. The van der Waals surface area contributed by atoms with E-state index in [1.165, 1.54) is 0 Å². The lowest BCUT2D eigenvalue weighted by atomic mass is 10.2. The zero-order chi connectivity index (χ0) is 13.5. The topological polar surface area (TPSA) is 76.3 Å². The molecular weight excluding hydrogens is 264 g/mol. The van der Waals surface area contributed by atoms with Gasteiger partial charge in [0, 0.05) is 18.3 Å². The molecule has 0 atom stereocenters. The molecule has 0 fully saturated rings. The highest BCUT2D eigenvalue weighted by molar-refractivity contribution is 7.90. The summed E-state index contributed by atoms with van der Waals surface area (Å²) in [5, 5.41) is 7.11. The molecule has 1 aromatic carbocycles. The van der Waals surface area contributed by atoms with Gasteiger partial charge in [0.25, 0.3) is 10.0 Å². The number of aryl methyl sites for hydroxylation is 1. The standard InChI is InChI=1S/C12H12N4O2S/c1-2-16-8-9(7-13-16)14-12-10-5-3-4-6-11(10)19(17,18)15-12/h3-8H,2H2,1H3,(H,14,15). The monoisotopic (exact) mass is 276 g/mol. The minimum Gasteiger partial charge on any atom is -0.336 e. The van der Waals surface area contributed by atoms with Gasteiger partial charge in [-0.1, -0.05) is 12.1 Å². The van der Waals surface area contributed by atoms with E-state index in [4.69, 9.17) is 0 Å². The maximum Gasteiger partial charge on any atom is 0.285 e. The summed E-state index contributed by atoms with van der Waals surface area (Å²) in [4.78, 5) is 0.236. The van der Waals surface area contributed by atoms with Crippen molar-refractivity contribution in [2.75, 3.05) is 5.32 Å². The molecule has 3 rings (SSSR count). The zero-order valence-electron chi connectivity index (χ0n) is 10.2. The summed E-state index contributed by atoms with van der Waals surface area (Å²) in [5.41, 5.74) is 1.30. The number of nitrogens with one attached hydrogen (secondary N) is 1. The summed E-state index contributed by atoms with van der Waals surface area (Å²) < 4.78 is 29.2. The fourth-order valence-corrected chi connectivity index (χ4v) is 3.11. The minimum absolute atomic E-state index is 0.236. The molecule has 0 radical (unpaired) electrons. The third-order valence-electron chi connectivity index (χ3n) is 2.85. The van der Waals surface area contributed by atoms with Crippen LogP contribution >= 0.6 is 0 Å². The van der Waals surface area contributed by atoms with Crippen LogP contribution < -0.4 is 5.32 Å². The molecule has 0 bridgehead atoms. The summed E-state index contributed by atoms with van der Waals surface area (Å²) in [6.07, 6.45) is 3.44. The largest absolute Gasteiger partial charge is 0.336 e. The maximum absolute atomic E-state index is 11.9. The van der Waals surface area contributed by atoms with Crippen molar-refractivity contribution in [2.24, 2.45) is 4.40 Å². The van der Waals surface area contributed by atoms with Crippen molar-refractivity contribution in [3.8, 4) is 0 Å². The van der Waals surface area contributed by atoms with E-state index >= 15 is 0 Å². The van der Waals surface area contributed by atoms with E-state index in [2.05, 4.69) is 14.8 Å². The van der Waals surface area contributed by atoms with Crippen LogP contribution in [0.15, 0.2) is 46.0 Å². The van der Waals surface area contributed by atoms with Gasteiger partial charge in [0.1, 0.15) is 4.90 Å². The van der Waals surface area contributed by atoms with Gasteiger partial charge in [-0.05, 0) is 19.1 Å². The number of anilines is 1. The predicted octanol–water partition coefficient (Wildman–Crippen LogP) is 1.46. The fourth-order valence-electron chi connectivity index (χ4n) is 1.93. The molecule has 1 N–H and O–H groups in total. The third-order valence-corrected chi connectivity index (χ3v) is 4.19. The van der Waals surface area contributed by atoms with Gasteiger partial charge in [-0.25, -0.2) is 0 Å². The number of amidine groups is 1. The van der Waals surface area contributed by atoms with Crippen LogP contribution in [0.5, 0.6) is 0 Å². The van der Waals surface area contributed by atoms with Crippen LogP contribution in [0.1, 0.15) is 12.5 Å². The Morgan fingerprint density at radius 2 is 2.11 bits per heavy atom. The molecular formula is C12H12N4O2S. The zero-order valence-corrected chi connectivity index (χ0v) is 11.1. The van der Waals surface area contributed by atoms with Crippen LogP contribution in [0.3, 0.4) is 0 Å². The summed E-state index contributed by atoms with van der Waals surface area (Å²) in [5.74, 6) is 0.339. The molecule has 7 heteroatoms. The molecule has 98 valence electrons. The Balaban J connectivity index is 1.99. The number of hydrogen-bond donors (Lipinski definition) is 1. The smallest absolute Gasteiger partial charge is 0.285 e. The molecule has 1 aromatic heterocycles. The van der Waals surface area contributed by atoms with Crippen LogP contribution in [0.25, 0.3) is 0 Å². The summed E-state index contributed by atoms with van der Waals surface area (Å²) in [6, 6.07) is 6.75. The van der Waals surface area contributed by atoms with Crippen LogP contribution in [0.2, 0.25) is 0 Å². The lowest BCUT2D eigenvalue weighted by Crippen LogP contribution is -2.10. The Bertz CT molecular complexity index is 762. The molecule has 0 amide bonds. The van der Waals surface area contributed by atoms with E-state index in [0.717, 1.165) is 6.54 Å². The van der Waals surface area contributed by atoms with Crippen LogP contribution in [-0.2, 0) is 16.6 Å². The first-order chi connectivity index (χ1) is 9.10. The molecule has 0 spiro atoms. The Hall–Kier alpha value is -2.15. The van der Waals surface area contributed by atoms with Gasteiger partial charge in [-0.2, -0.15) is 13.5 Å². The highest BCUT2D eigenvalue weighted by Gasteiger charge is 2.28. The SMILES string of the molecule is CCn1cc(NC2=NS(=O)(=O)c3ccccc32)cn1. The average Bonchev–Trinajstić information content (AvgIpc) is 2.94. The van der Waals surface area contributed by atoms with Gasteiger partial charge in [0.05, 0.1) is 11.9 Å². The maximum atomic E-state index is 11.9. The number of nitrogens with zero attached hydrogens (tertiary/aromatic N) is 3. The van der Waals surface area contributed by atoms with E-state index in [0.29, 0.717) is 17.1 Å². The fraction of sp³-hybridized carbons (Fsp3) is 0.167. The Morgan fingerprint density at radius 1 is 1.32 bits per heavy atom. The van der Waals surface area contributed by atoms with E-state index in [1.54, 1.807) is 41.3 Å². The first-order valence-corrected chi connectivity index (χ1v) is 7.28. The number of aromatic nitrogens is 2. The summed E-state index contributed by atoms with van der Waals surface area (Å²) in [6.45, 7) is 2.73. The van der Waals surface area contributed by atoms with Gasteiger partial charge in [-0.3, -0.25) is 4.68 Å². The van der Waals surface area contributed by atoms with Crippen molar-refractivity contribution in [1.29, 1.82) is 0 Å². The van der Waals surface area contributed by atoms with E-state index < -0.39 is 10.0 Å².